The van der Waals surface area contributed by atoms with Crippen LogP contribution in [0.1, 0.15) is 5.56 Å². The third-order valence-corrected chi connectivity index (χ3v) is 4.26. The number of aromatic nitrogens is 1. The summed E-state index contributed by atoms with van der Waals surface area (Å²) in [6, 6.07) is 8.00. The molecular weight excluding hydrogens is 286 g/mol. The van der Waals surface area contributed by atoms with Crippen LogP contribution in [0.15, 0.2) is 41.4 Å². The number of pyridine rings is 1. The molecule has 0 amide bonds. The van der Waals surface area contributed by atoms with Crippen LogP contribution in [0.5, 0.6) is 0 Å². The Morgan fingerprint density at radius 3 is 2.63 bits per heavy atom. The van der Waals surface area contributed by atoms with Crippen LogP contribution in [0.2, 0.25) is 5.02 Å². The minimum absolute atomic E-state index is 0.0558. The van der Waals surface area contributed by atoms with E-state index in [0.717, 1.165) is 5.56 Å². The van der Waals surface area contributed by atoms with Crippen molar-refractivity contribution >= 4 is 33.1 Å². The van der Waals surface area contributed by atoms with E-state index >= 15 is 0 Å². The summed E-state index contributed by atoms with van der Waals surface area (Å²) < 4.78 is 26.9. The number of halogens is 1. The van der Waals surface area contributed by atoms with Crippen LogP contribution in [0.25, 0.3) is 0 Å². The molecule has 0 fully saturated rings. The predicted octanol–water partition coefficient (Wildman–Crippen LogP) is 2.43. The van der Waals surface area contributed by atoms with Gasteiger partial charge in [-0.15, -0.1) is 0 Å². The summed E-state index contributed by atoms with van der Waals surface area (Å²) in [6.07, 6.45) is 1.43. The van der Waals surface area contributed by atoms with Gasteiger partial charge in [-0.25, -0.2) is 13.4 Å². The molecular formula is C12H12ClN3O2S. The smallest absolute Gasteiger partial charge is 0.265 e. The number of hydrogen-bond acceptors (Lipinski definition) is 4. The van der Waals surface area contributed by atoms with Crippen molar-refractivity contribution in [3.05, 3.63) is 47.1 Å². The molecule has 0 bridgehead atoms. The molecule has 7 heteroatoms. The number of nitrogen functional groups attached to an aromatic ring is 1. The fourth-order valence-electron chi connectivity index (χ4n) is 1.58. The van der Waals surface area contributed by atoms with Crippen LogP contribution < -0.4 is 10.5 Å². The van der Waals surface area contributed by atoms with E-state index in [-0.39, 0.29) is 10.7 Å². The van der Waals surface area contributed by atoms with Crippen molar-refractivity contribution in [3.63, 3.8) is 0 Å². The lowest BCUT2D eigenvalue weighted by Crippen LogP contribution is -2.16. The van der Waals surface area contributed by atoms with Crippen LogP contribution in [0.3, 0.4) is 0 Å². The first kappa shape index (κ1) is 13.6. The van der Waals surface area contributed by atoms with Crippen LogP contribution in [0.4, 0.5) is 11.5 Å². The van der Waals surface area contributed by atoms with Gasteiger partial charge in [0.25, 0.3) is 10.0 Å². The summed E-state index contributed by atoms with van der Waals surface area (Å²) in [7, 11) is -3.81. The number of aryl methyl sites for hydroxylation is 1. The number of sulfonamides is 1. The summed E-state index contributed by atoms with van der Waals surface area (Å²) in [5.74, 6) is -0.0558. The van der Waals surface area contributed by atoms with Crippen molar-refractivity contribution in [2.75, 3.05) is 10.5 Å². The molecule has 0 aliphatic rings. The maximum Gasteiger partial charge on any atom is 0.265 e. The quantitative estimate of drug-likeness (QED) is 0.911. The Kier molecular flexibility index (Phi) is 3.64. The van der Waals surface area contributed by atoms with Gasteiger partial charge in [-0.05, 0) is 30.7 Å². The number of rotatable bonds is 3. The van der Waals surface area contributed by atoms with Gasteiger partial charge in [-0.3, -0.25) is 4.72 Å². The third kappa shape index (κ3) is 2.80. The first-order valence-corrected chi connectivity index (χ1v) is 7.26. The molecule has 0 radical (unpaired) electrons. The van der Waals surface area contributed by atoms with Gasteiger partial charge in [0.15, 0.2) is 0 Å². The molecule has 2 aromatic rings. The van der Waals surface area contributed by atoms with Crippen molar-refractivity contribution < 1.29 is 8.42 Å². The second-order valence-electron chi connectivity index (χ2n) is 3.92. The predicted molar refractivity (Wildman–Crippen MR) is 75.6 cm³/mol. The molecule has 5 nitrogen and oxygen atoms in total. The number of hydrogen-bond donors (Lipinski definition) is 2. The van der Waals surface area contributed by atoms with E-state index in [1.54, 1.807) is 25.1 Å². The molecule has 1 heterocycles. The molecule has 0 aliphatic heterocycles. The topological polar surface area (TPSA) is 85.1 Å². The summed E-state index contributed by atoms with van der Waals surface area (Å²) in [5.41, 5.74) is 6.63. The Balaban J connectivity index is 2.46. The van der Waals surface area contributed by atoms with Crippen molar-refractivity contribution in [2.45, 2.75) is 11.8 Å². The number of nitrogens with two attached hydrogens (primary N) is 1. The van der Waals surface area contributed by atoms with Crippen LogP contribution in [-0.4, -0.2) is 13.4 Å². The minimum atomic E-state index is -3.81. The molecule has 0 unspecified atom stereocenters. The van der Waals surface area contributed by atoms with Gasteiger partial charge in [-0.2, -0.15) is 0 Å². The lowest BCUT2D eigenvalue weighted by molar-refractivity contribution is 0.601. The van der Waals surface area contributed by atoms with Gasteiger partial charge in [0.05, 0.1) is 10.7 Å². The van der Waals surface area contributed by atoms with Crippen LogP contribution in [0, 0.1) is 6.92 Å². The monoisotopic (exact) mass is 297 g/mol. The standard InChI is InChI=1S/C12H12ClN3O2S/c1-8-4-2-5-9(13)11(8)16-19(17,18)10-6-3-7-15-12(10)14/h2-7,16H,1H3,(H2,14,15). The van der Waals surface area contributed by atoms with E-state index in [0.29, 0.717) is 10.7 Å². The summed E-state index contributed by atoms with van der Waals surface area (Å²) >= 11 is 5.99. The Morgan fingerprint density at radius 2 is 2.00 bits per heavy atom. The van der Waals surface area contributed by atoms with Gasteiger partial charge >= 0.3 is 0 Å². The number of benzene rings is 1. The van der Waals surface area contributed by atoms with Crippen molar-refractivity contribution in [3.8, 4) is 0 Å². The molecule has 2 rings (SSSR count). The normalized spacial score (nSPS) is 11.3. The van der Waals surface area contributed by atoms with E-state index in [2.05, 4.69) is 9.71 Å². The molecule has 0 atom stereocenters. The second-order valence-corrected chi connectivity index (χ2v) is 5.98. The van der Waals surface area contributed by atoms with E-state index < -0.39 is 10.0 Å². The van der Waals surface area contributed by atoms with Gasteiger partial charge in [0.2, 0.25) is 0 Å². The van der Waals surface area contributed by atoms with Gasteiger partial charge in [0.1, 0.15) is 10.7 Å². The van der Waals surface area contributed by atoms with Gasteiger partial charge in [0, 0.05) is 6.20 Å². The molecule has 0 saturated heterocycles. The Labute approximate surface area is 116 Å². The van der Waals surface area contributed by atoms with Crippen LogP contribution >= 0.6 is 11.6 Å². The largest absolute Gasteiger partial charge is 0.383 e. The summed E-state index contributed by atoms with van der Waals surface area (Å²) in [6.45, 7) is 1.76. The Morgan fingerprint density at radius 1 is 1.26 bits per heavy atom. The number of anilines is 2. The lowest BCUT2D eigenvalue weighted by atomic mass is 10.2. The molecule has 19 heavy (non-hydrogen) atoms. The zero-order valence-electron chi connectivity index (χ0n) is 10.1. The maximum atomic E-state index is 12.2. The lowest BCUT2D eigenvalue weighted by Gasteiger charge is -2.12. The molecule has 0 saturated carbocycles. The zero-order chi connectivity index (χ0) is 14.0. The zero-order valence-corrected chi connectivity index (χ0v) is 11.7. The molecule has 1 aromatic heterocycles. The number of para-hydroxylation sites is 1. The van der Waals surface area contributed by atoms with Crippen molar-refractivity contribution in [1.82, 2.24) is 4.98 Å². The molecule has 3 N–H and O–H groups in total. The first-order chi connectivity index (χ1) is 8.92. The maximum absolute atomic E-state index is 12.2. The van der Waals surface area contributed by atoms with Crippen LogP contribution in [-0.2, 0) is 10.0 Å². The van der Waals surface area contributed by atoms with E-state index in [4.69, 9.17) is 17.3 Å². The van der Waals surface area contributed by atoms with Gasteiger partial charge in [-0.1, -0.05) is 23.7 Å². The fourth-order valence-corrected chi connectivity index (χ4v) is 3.14. The summed E-state index contributed by atoms with van der Waals surface area (Å²) in [5, 5.41) is 0.325. The van der Waals surface area contributed by atoms with Gasteiger partial charge < -0.3 is 5.73 Å². The molecule has 1 aromatic carbocycles. The molecule has 0 spiro atoms. The Hall–Kier alpha value is -1.79. The minimum Gasteiger partial charge on any atom is -0.383 e. The van der Waals surface area contributed by atoms with E-state index in [1.165, 1.54) is 18.3 Å². The fraction of sp³-hybridized carbons (Fsp3) is 0.0833. The number of nitrogens with one attached hydrogen (secondary N) is 1. The van der Waals surface area contributed by atoms with Crippen molar-refractivity contribution in [2.24, 2.45) is 0 Å². The highest BCUT2D eigenvalue weighted by molar-refractivity contribution is 7.92. The summed E-state index contributed by atoms with van der Waals surface area (Å²) in [4.78, 5) is 3.68. The third-order valence-electron chi connectivity index (χ3n) is 2.55. The number of nitrogens with zero attached hydrogens (tertiary/aromatic N) is 1. The second kappa shape index (κ2) is 5.07. The molecule has 100 valence electrons. The van der Waals surface area contributed by atoms with Crippen molar-refractivity contribution in [1.29, 1.82) is 0 Å². The highest BCUT2D eigenvalue weighted by Gasteiger charge is 2.19. The highest BCUT2D eigenvalue weighted by Crippen LogP contribution is 2.28. The first-order valence-electron chi connectivity index (χ1n) is 5.40. The average Bonchev–Trinajstić information content (AvgIpc) is 2.34. The average molecular weight is 298 g/mol. The molecule has 0 aliphatic carbocycles. The SMILES string of the molecule is Cc1cccc(Cl)c1NS(=O)(=O)c1cccnc1N. The van der Waals surface area contributed by atoms with E-state index in [1.807, 2.05) is 0 Å². The highest BCUT2D eigenvalue weighted by atomic mass is 35.5. The van der Waals surface area contributed by atoms with E-state index in [9.17, 15) is 8.42 Å². The Bertz CT molecular complexity index is 696.